The van der Waals surface area contributed by atoms with Crippen molar-refractivity contribution in [3.63, 3.8) is 0 Å². The minimum atomic E-state index is -4.33. The normalized spacial score (nSPS) is 11.8. The number of hydrogen-bond donors (Lipinski definition) is 0. The van der Waals surface area contributed by atoms with Crippen LogP contribution >= 0.6 is 0 Å². The van der Waals surface area contributed by atoms with Gasteiger partial charge in [0.2, 0.25) is 0 Å². The number of methoxy groups -OCH3 is 1. The highest BCUT2D eigenvalue weighted by Gasteiger charge is 2.30. The molecule has 0 radical (unpaired) electrons. The zero-order valence-electron chi connectivity index (χ0n) is 16.7. The van der Waals surface area contributed by atoms with E-state index in [0.29, 0.717) is 12.2 Å². The van der Waals surface area contributed by atoms with E-state index >= 15 is 0 Å². The molecule has 5 heteroatoms. The van der Waals surface area contributed by atoms with Crippen molar-refractivity contribution in [1.29, 1.82) is 0 Å². The number of alkyl halides is 3. The fraction of sp³-hybridized carbons (Fsp3) is 0.250. The molecule has 154 valence electrons. The second-order valence-corrected chi connectivity index (χ2v) is 6.46. The van der Waals surface area contributed by atoms with Crippen molar-refractivity contribution in [3.05, 3.63) is 95.6 Å². The molecule has 0 amide bonds. The van der Waals surface area contributed by atoms with Crippen molar-refractivity contribution < 1.29 is 22.6 Å². The van der Waals surface area contributed by atoms with Crippen molar-refractivity contribution in [2.45, 2.75) is 32.5 Å². The van der Waals surface area contributed by atoms with Crippen molar-refractivity contribution in [1.82, 2.24) is 0 Å². The van der Waals surface area contributed by atoms with Gasteiger partial charge in [0.15, 0.2) is 0 Å². The number of aryl methyl sites for hydroxylation is 1. The average molecular weight is 402 g/mol. The van der Waals surface area contributed by atoms with Gasteiger partial charge in [-0.3, -0.25) is 0 Å². The SMILES string of the molecule is CCC(Oc1ccc(C(F)(F)F)cc1)c1ccc(OC)cc1.Cc1ccccc1. The van der Waals surface area contributed by atoms with E-state index in [1.807, 2.05) is 49.4 Å². The maximum Gasteiger partial charge on any atom is 0.416 e. The highest BCUT2D eigenvalue weighted by Crippen LogP contribution is 2.32. The Bertz CT molecular complexity index is 842. The minimum Gasteiger partial charge on any atom is -0.497 e. The molecule has 3 aromatic carbocycles. The van der Waals surface area contributed by atoms with Crippen LogP contribution in [0.25, 0.3) is 0 Å². The van der Waals surface area contributed by atoms with E-state index in [2.05, 4.69) is 19.1 Å². The quantitative estimate of drug-likeness (QED) is 0.448. The van der Waals surface area contributed by atoms with Crippen LogP contribution in [0.2, 0.25) is 0 Å². The van der Waals surface area contributed by atoms with Gasteiger partial charge >= 0.3 is 6.18 Å². The molecule has 0 saturated heterocycles. The van der Waals surface area contributed by atoms with E-state index in [-0.39, 0.29) is 6.10 Å². The first kappa shape index (κ1) is 22.3. The summed E-state index contributed by atoms with van der Waals surface area (Å²) < 4.78 is 48.5. The predicted molar refractivity (Wildman–Crippen MR) is 109 cm³/mol. The van der Waals surface area contributed by atoms with Gasteiger partial charge in [0.05, 0.1) is 12.7 Å². The monoisotopic (exact) mass is 402 g/mol. The summed E-state index contributed by atoms with van der Waals surface area (Å²) >= 11 is 0. The molecule has 0 bridgehead atoms. The Kier molecular flexibility index (Phi) is 8.13. The highest BCUT2D eigenvalue weighted by atomic mass is 19.4. The third kappa shape index (κ3) is 7.18. The maximum absolute atomic E-state index is 12.5. The Hall–Kier alpha value is -2.95. The summed E-state index contributed by atoms with van der Waals surface area (Å²) in [5.41, 5.74) is 1.59. The molecule has 29 heavy (non-hydrogen) atoms. The maximum atomic E-state index is 12.5. The van der Waals surface area contributed by atoms with Crippen LogP contribution in [0, 0.1) is 6.92 Å². The first-order valence-electron chi connectivity index (χ1n) is 9.33. The molecule has 2 nitrogen and oxygen atoms in total. The third-order valence-electron chi connectivity index (χ3n) is 4.26. The van der Waals surface area contributed by atoms with Crippen molar-refractivity contribution in [3.8, 4) is 11.5 Å². The molecular formula is C24H25F3O2. The molecule has 0 N–H and O–H groups in total. The smallest absolute Gasteiger partial charge is 0.416 e. The molecule has 0 aliphatic carbocycles. The predicted octanol–water partition coefficient (Wildman–Crippen LogP) is 7.24. The van der Waals surface area contributed by atoms with Gasteiger partial charge in [-0.05, 0) is 55.3 Å². The van der Waals surface area contributed by atoms with Crippen LogP contribution in [-0.4, -0.2) is 7.11 Å². The van der Waals surface area contributed by atoms with Gasteiger partial charge in [-0.2, -0.15) is 13.2 Å². The van der Waals surface area contributed by atoms with Gasteiger partial charge in [-0.1, -0.05) is 55.0 Å². The summed E-state index contributed by atoms with van der Waals surface area (Å²) in [5, 5.41) is 0. The van der Waals surface area contributed by atoms with E-state index in [0.717, 1.165) is 23.4 Å². The summed E-state index contributed by atoms with van der Waals surface area (Å²) in [6.07, 6.45) is -3.85. The van der Waals surface area contributed by atoms with Crippen molar-refractivity contribution >= 4 is 0 Å². The van der Waals surface area contributed by atoms with Gasteiger partial charge in [0, 0.05) is 0 Å². The molecule has 0 aliphatic heterocycles. The molecule has 0 aliphatic rings. The Labute approximate surface area is 169 Å². The van der Waals surface area contributed by atoms with E-state index < -0.39 is 11.7 Å². The average Bonchev–Trinajstić information content (AvgIpc) is 2.73. The second-order valence-electron chi connectivity index (χ2n) is 6.46. The van der Waals surface area contributed by atoms with Crippen LogP contribution in [0.5, 0.6) is 11.5 Å². The Morgan fingerprint density at radius 3 is 1.76 bits per heavy atom. The number of halogens is 3. The first-order chi connectivity index (χ1) is 13.8. The summed E-state index contributed by atoms with van der Waals surface area (Å²) in [7, 11) is 1.59. The largest absolute Gasteiger partial charge is 0.497 e. The number of hydrogen-bond acceptors (Lipinski definition) is 2. The third-order valence-corrected chi connectivity index (χ3v) is 4.26. The van der Waals surface area contributed by atoms with Crippen LogP contribution in [0.4, 0.5) is 13.2 Å². The van der Waals surface area contributed by atoms with Crippen LogP contribution in [0.1, 0.15) is 36.1 Å². The van der Waals surface area contributed by atoms with Crippen LogP contribution in [0.15, 0.2) is 78.9 Å². The lowest BCUT2D eigenvalue weighted by molar-refractivity contribution is -0.137. The molecule has 1 unspecified atom stereocenters. The molecule has 3 rings (SSSR count). The second kappa shape index (κ2) is 10.6. The molecule has 0 fully saturated rings. The molecular weight excluding hydrogens is 377 g/mol. The number of rotatable bonds is 5. The number of ether oxygens (including phenoxy) is 2. The van der Waals surface area contributed by atoms with Gasteiger partial charge in [0.1, 0.15) is 17.6 Å². The summed E-state index contributed by atoms with van der Waals surface area (Å²) in [5.74, 6) is 1.16. The van der Waals surface area contributed by atoms with Crippen LogP contribution < -0.4 is 9.47 Å². The van der Waals surface area contributed by atoms with Gasteiger partial charge in [0.25, 0.3) is 0 Å². The highest BCUT2D eigenvalue weighted by molar-refractivity contribution is 5.32. The van der Waals surface area contributed by atoms with Gasteiger partial charge < -0.3 is 9.47 Å². The fourth-order valence-electron chi connectivity index (χ4n) is 2.63. The minimum absolute atomic E-state index is 0.220. The molecule has 3 aromatic rings. The summed E-state index contributed by atoms with van der Waals surface area (Å²) in [4.78, 5) is 0. The van der Waals surface area contributed by atoms with Gasteiger partial charge in [-0.25, -0.2) is 0 Å². The fourth-order valence-corrected chi connectivity index (χ4v) is 2.63. The molecule has 0 heterocycles. The lowest BCUT2D eigenvalue weighted by Gasteiger charge is -2.18. The van der Waals surface area contributed by atoms with E-state index in [1.165, 1.54) is 17.7 Å². The van der Waals surface area contributed by atoms with E-state index in [4.69, 9.17) is 9.47 Å². The summed E-state index contributed by atoms with van der Waals surface area (Å²) in [6.45, 7) is 4.04. The van der Waals surface area contributed by atoms with Crippen LogP contribution in [0.3, 0.4) is 0 Å². The zero-order valence-corrected chi connectivity index (χ0v) is 16.7. The lowest BCUT2D eigenvalue weighted by Crippen LogP contribution is -2.07. The standard InChI is InChI=1S/C17H17F3O2.C7H8/c1-3-16(12-4-8-14(21-2)9-5-12)22-15-10-6-13(7-11-15)17(18,19)20;1-7-5-3-2-4-6-7/h4-11,16H,3H2,1-2H3;2-6H,1H3. The first-order valence-corrected chi connectivity index (χ1v) is 9.33. The Balaban J connectivity index is 0.000000360. The van der Waals surface area contributed by atoms with Crippen molar-refractivity contribution in [2.24, 2.45) is 0 Å². The van der Waals surface area contributed by atoms with Crippen molar-refractivity contribution in [2.75, 3.05) is 7.11 Å². The van der Waals surface area contributed by atoms with Gasteiger partial charge in [-0.15, -0.1) is 0 Å². The van der Waals surface area contributed by atoms with Crippen LogP contribution in [-0.2, 0) is 6.18 Å². The molecule has 0 aromatic heterocycles. The molecule has 0 saturated carbocycles. The lowest BCUT2D eigenvalue weighted by atomic mass is 10.1. The molecule has 0 spiro atoms. The van der Waals surface area contributed by atoms with E-state index in [9.17, 15) is 13.2 Å². The zero-order chi connectivity index (χ0) is 21.3. The summed E-state index contributed by atoms with van der Waals surface area (Å²) in [6, 6.07) is 22.4. The van der Waals surface area contributed by atoms with E-state index in [1.54, 1.807) is 7.11 Å². The molecule has 1 atom stereocenters. The number of benzene rings is 3. The Morgan fingerprint density at radius 1 is 0.793 bits per heavy atom. The Morgan fingerprint density at radius 2 is 1.34 bits per heavy atom. The topological polar surface area (TPSA) is 18.5 Å².